The lowest BCUT2D eigenvalue weighted by atomic mass is 9.81. The lowest BCUT2D eigenvalue weighted by Crippen LogP contribution is -2.16. The van der Waals surface area contributed by atoms with E-state index in [1.807, 2.05) is 0 Å². The number of para-hydroxylation sites is 5. The molecule has 0 amide bonds. The maximum Gasteiger partial charge on any atom is 0.0546 e. The van der Waals surface area contributed by atoms with E-state index in [1.54, 1.807) is 0 Å². The predicted octanol–water partition coefficient (Wildman–Crippen LogP) is 18.0. The molecule has 1 aromatic heterocycles. The second-order valence-electron chi connectivity index (χ2n) is 18.6. The van der Waals surface area contributed by atoms with Gasteiger partial charge in [-0.15, -0.1) is 0 Å². The smallest absolute Gasteiger partial charge is 0.0546 e. The van der Waals surface area contributed by atoms with Crippen LogP contribution >= 0.6 is 0 Å². The number of hydrogen-bond acceptors (Lipinski definition) is 2. The molecule has 68 heavy (non-hydrogen) atoms. The van der Waals surface area contributed by atoms with Crippen molar-refractivity contribution < 1.29 is 0 Å². The van der Waals surface area contributed by atoms with Gasteiger partial charge in [0.25, 0.3) is 0 Å². The summed E-state index contributed by atoms with van der Waals surface area (Å²) in [6, 6.07) is 91.1. The summed E-state index contributed by atoms with van der Waals surface area (Å²) >= 11 is 0. The Morgan fingerprint density at radius 3 is 1.54 bits per heavy atom. The molecule has 1 aliphatic carbocycles. The van der Waals surface area contributed by atoms with Crippen LogP contribution in [-0.4, -0.2) is 4.57 Å². The van der Waals surface area contributed by atoms with Gasteiger partial charge in [-0.2, -0.15) is 0 Å². The highest BCUT2D eigenvalue weighted by atomic mass is 15.1. The molecule has 11 aromatic carbocycles. The molecule has 13 rings (SSSR count). The molecular weight excluding hydrogens is 823 g/mol. The number of nitrogens with zero attached hydrogens (tertiary/aromatic N) is 3. The van der Waals surface area contributed by atoms with E-state index in [9.17, 15) is 0 Å². The first-order valence-electron chi connectivity index (χ1n) is 23.6. The highest BCUT2D eigenvalue weighted by molar-refractivity contribution is 6.16. The summed E-state index contributed by atoms with van der Waals surface area (Å²) in [5.41, 5.74) is 17.8. The average molecular weight is 870 g/mol. The zero-order valence-corrected chi connectivity index (χ0v) is 38.0. The molecule has 0 spiro atoms. The molecule has 0 fully saturated rings. The molecule has 1 heterocycles. The van der Waals surface area contributed by atoms with Gasteiger partial charge in [-0.05, 0) is 153 Å². The monoisotopic (exact) mass is 869 g/mol. The van der Waals surface area contributed by atoms with Crippen molar-refractivity contribution in [3.05, 3.63) is 260 Å². The molecule has 322 valence electrons. The van der Waals surface area contributed by atoms with Crippen molar-refractivity contribution in [3.63, 3.8) is 0 Å². The van der Waals surface area contributed by atoms with Gasteiger partial charge in [0.05, 0.1) is 16.7 Å². The SMILES string of the molecule is CC1(C)c2cc(-c3ccc4c(N(c5ccccc5)c5ccccc5)cc5ccccc5c4c3)ccc2-c2ccc(N(c3ccccc3)c3ccc4c(c3)c3ccccc3n4-c3ccccc3)cc21. The highest BCUT2D eigenvalue weighted by Crippen LogP contribution is 2.52. The van der Waals surface area contributed by atoms with Crippen molar-refractivity contribution in [2.45, 2.75) is 19.3 Å². The minimum Gasteiger partial charge on any atom is -0.310 e. The van der Waals surface area contributed by atoms with E-state index in [2.05, 4.69) is 277 Å². The zero-order chi connectivity index (χ0) is 45.3. The molecule has 0 atom stereocenters. The first kappa shape index (κ1) is 39.7. The van der Waals surface area contributed by atoms with E-state index in [1.165, 1.54) is 76.7 Å². The number of aromatic nitrogens is 1. The molecule has 3 nitrogen and oxygen atoms in total. The Kier molecular flexibility index (Phi) is 9.19. The second kappa shape index (κ2) is 15.8. The maximum absolute atomic E-state index is 2.45. The predicted molar refractivity (Wildman–Crippen MR) is 288 cm³/mol. The molecule has 12 aromatic rings. The van der Waals surface area contributed by atoms with Crippen LogP contribution in [0, 0.1) is 0 Å². The lowest BCUT2D eigenvalue weighted by molar-refractivity contribution is 0.660. The van der Waals surface area contributed by atoms with Crippen molar-refractivity contribution in [3.8, 4) is 27.9 Å². The van der Waals surface area contributed by atoms with Gasteiger partial charge >= 0.3 is 0 Å². The number of rotatable bonds is 8. The quantitative estimate of drug-likeness (QED) is 0.141. The van der Waals surface area contributed by atoms with Gasteiger partial charge in [0.15, 0.2) is 0 Å². The zero-order valence-electron chi connectivity index (χ0n) is 38.0. The Morgan fingerprint density at radius 1 is 0.324 bits per heavy atom. The summed E-state index contributed by atoms with van der Waals surface area (Å²) < 4.78 is 2.38. The molecule has 0 unspecified atom stereocenters. The Morgan fingerprint density at radius 2 is 0.838 bits per heavy atom. The van der Waals surface area contributed by atoms with Gasteiger partial charge in [0, 0.05) is 55.7 Å². The van der Waals surface area contributed by atoms with Crippen LogP contribution in [0.2, 0.25) is 0 Å². The van der Waals surface area contributed by atoms with Crippen LogP contribution in [-0.2, 0) is 5.41 Å². The van der Waals surface area contributed by atoms with Gasteiger partial charge in [-0.3, -0.25) is 0 Å². The average Bonchev–Trinajstić information content (AvgIpc) is 3.84. The molecule has 1 aliphatic rings. The van der Waals surface area contributed by atoms with Gasteiger partial charge < -0.3 is 14.4 Å². The van der Waals surface area contributed by atoms with Crippen molar-refractivity contribution in [2.75, 3.05) is 9.80 Å². The number of benzene rings is 11. The Labute approximate surface area is 397 Å². The fraction of sp³-hybridized carbons (Fsp3) is 0.0462. The van der Waals surface area contributed by atoms with Crippen molar-refractivity contribution in [2.24, 2.45) is 0 Å². The van der Waals surface area contributed by atoms with Crippen molar-refractivity contribution >= 4 is 77.5 Å². The van der Waals surface area contributed by atoms with E-state index < -0.39 is 0 Å². The van der Waals surface area contributed by atoms with E-state index >= 15 is 0 Å². The number of fused-ring (bicyclic) bond motifs is 9. The fourth-order valence-corrected chi connectivity index (χ4v) is 11.1. The summed E-state index contributed by atoms with van der Waals surface area (Å²) in [5.74, 6) is 0. The third-order valence-corrected chi connectivity index (χ3v) is 14.3. The summed E-state index contributed by atoms with van der Waals surface area (Å²) in [4.78, 5) is 4.81. The van der Waals surface area contributed by atoms with E-state index in [-0.39, 0.29) is 5.41 Å². The van der Waals surface area contributed by atoms with Crippen molar-refractivity contribution in [1.29, 1.82) is 0 Å². The fourth-order valence-electron chi connectivity index (χ4n) is 11.1. The van der Waals surface area contributed by atoms with Crippen LogP contribution in [0.1, 0.15) is 25.0 Å². The van der Waals surface area contributed by atoms with E-state index in [0.29, 0.717) is 0 Å². The third-order valence-electron chi connectivity index (χ3n) is 14.3. The molecular formula is C65H47N3. The Hall–Kier alpha value is -8.66. The topological polar surface area (TPSA) is 11.4 Å². The summed E-state index contributed by atoms with van der Waals surface area (Å²) in [7, 11) is 0. The molecule has 0 N–H and O–H groups in total. The largest absolute Gasteiger partial charge is 0.310 e. The van der Waals surface area contributed by atoms with Gasteiger partial charge in [0.2, 0.25) is 0 Å². The number of anilines is 6. The Balaban J connectivity index is 0.911. The standard InChI is InChI=1S/C65H47N3/c1-65(2)60-40-45(44-32-36-57-58(39-44)53-28-16-15-19-46(53)41-64(57)67(48-22-9-4-10-23-48)49-24-11-5-12-25-49)31-35-54(60)55-37-33-52(43-61(55)65)66(47-20-7-3-8-21-47)51-34-38-63-59(42-51)56-29-17-18-30-62(56)68(63)50-26-13-6-14-27-50/h3-43H,1-2H3. The second-order valence-corrected chi connectivity index (χ2v) is 18.6. The van der Waals surface area contributed by atoms with Crippen LogP contribution in [0.5, 0.6) is 0 Å². The molecule has 0 saturated carbocycles. The lowest BCUT2D eigenvalue weighted by Gasteiger charge is -2.28. The van der Waals surface area contributed by atoms with Gasteiger partial charge in [-0.25, -0.2) is 0 Å². The molecule has 3 heteroatoms. The maximum atomic E-state index is 2.45. The summed E-state index contributed by atoms with van der Waals surface area (Å²) in [6.07, 6.45) is 0. The van der Waals surface area contributed by atoms with Crippen molar-refractivity contribution in [1.82, 2.24) is 4.57 Å². The minimum atomic E-state index is -0.241. The summed E-state index contributed by atoms with van der Waals surface area (Å²) in [6.45, 7) is 4.79. The highest BCUT2D eigenvalue weighted by Gasteiger charge is 2.36. The van der Waals surface area contributed by atoms with E-state index in [4.69, 9.17) is 0 Å². The van der Waals surface area contributed by atoms with E-state index in [0.717, 1.165) is 39.8 Å². The molecule has 0 bridgehead atoms. The Bertz CT molecular complexity index is 3830. The number of hydrogen-bond donors (Lipinski definition) is 0. The van der Waals surface area contributed by atoms with Gasteiger partial charge in [0.1, 0.15) is 0 Å². The normalized spacial score (nSPS) is 12.7. The van der Waals surface area contributed by atoms with Gasteiger partial charge in [-0.1, -0.05) is 159 Å². The van der Waals surface area contributed by atoms with Crippen LogP contribution in [0.15, 0.2) is 249 Å². The first-order chi connectivity index (χ1) is 33.5. The molecule has 0 radical (unpaired) electrons. The third kappa shape index (κ3) is 6.35. The van der Waals surface area contributed by atoms with Crippen LogP contribution in [0.3, 0.4) is 0 Å². The van der Waals surface area contributed by atoms with Crippen LogP contribution in [0.25, 0.3) is 71.3 Å². The van der Waals surface area contributed by atoms with Crippen LogP contribution < -0.4 is 9.80 Å². The first-order valence-corrected chi connectivity index (χ1v) is 23.6. The summed E-state index contributed by atoms with van der Waals surface area (Å²) in [5, 5.41) is 7.39. The van der Waals surface area contributed by atoms with Crippen LogP contribution in [0.4, 0.5) is 34.1 Å². The minimum absolute atomic E-state index is 0.241. The molecule has 0 saturated heterocycles. The molecule has 0 aliphatic heterocycles.